The predicted octanol–water partition coefficient (Wildman–Crippen LogP) is 1.92. The van der Waals surface area contributed by atoms with Crippen LogP contribution in [0, 0.1) is 0 Å². The number of nitrogens with two attached hydrogens (primary N) is 1. The van der Waals surface area contributed by atoms with Crippen LogP contribution < -0.4 is 15.8 Å². The molecular formula is C13H13N3O2. The lowest BCUT2D eigenvalue weighted by molar-refractivity contribution is 0.102. The predicted molar refractivity (Wildman–Crippen MR) is 69.6 cm³/mol. The zero-order valence-corrected chi connectivity index (χ0v) is 9.88. The van der Waals surface area contributed by atoms with Crippen LogP contribution in [0.5, 0.6) is 5.75 Å². The summed E-state index contributed by atoms with van der Waals surface area (Å²) in [4.78, 5) is 15.9. The Morgan fingerprint density at radius 1 is 1.33 bits per heavy atom. The number of nitrogens with one attached hydrogen (secondary N) is 1. The third-order valence-electron chi connectivity index (χ3n) is 2.44. The van der Waals surface area contributed by atoms with E-state index in [0.29, 0.717) is 22.7 Å². The van der Waals surface area contributed by atoms with Crippen LogP contribution in [0.3, 0.4) is 0 Å². The number of hydrogen-bond acceptors (Lipinski definition) is 4. The van der Waals surface area contributed by atoms with Crippen molar-refractivity contribution in [2.75, 3.05) is 18.2 Å². The first-order valence-corrected chi connectivity index (χ1v) is 5.36. The van der Waals surface area contributed by atoms with Crippen LogP contribution in [0.2, 0.25) is 0 Å². The summed E-state index contributed by atoms with van der Waals surface area (Å²) >= 11 is 0. The lowest BCUT2D eigenvalue weighted by atomic mass is 10.2. The molecule has 0 aliphatic rings. The molecule has 2 rings (SSSR count). The number of benzene rings is 1. The maximum Gasteiger partial charge on any atom is 0.257 e. The Labute approximate surface area is 105 Å². The average molecular weight is 243 g/mol. The number of anilines is 2. The molecule has 5 nitrogen and oxygen atoms in total. The average Bonchev–Trinajstić information content (AvgIpc) is 2.42. The Bertz CT molecular complexity index is 555. The molecular weight excluding hydrogens is 230 g/mol. The highest BCUT2D eigenvalue weighted by atomic mass is 16.5. The molecule has 3 N–H and O–H groups in total. The topological polar surface area (TPSA) is 77.2 Å². The number of aromatic nitrogens is 1. The summed E-state index contributed by atoms with van der Waals surface area (Å²) in [5.41, 5.74) is 7.19. The number of carbonyl (C=O) groups excluding carboxylic acids is 1. The molecule has 18 heavy (non-hydrogen) atoms. The SMILES string of the molecule is COc1cccc(N)c1NC(=O)c1cccnc1. The van der Waals surface area contributed by atoms with Gasteiger partial charge in [-0.1, -0.05) is 6.07 Å². The Balaban J connectivity index is 2.27. The maximum atomic E-state index is 12.0. The molecule has 0 fully saturated rings. The van der Waals surface area contributed by atoms with Gasteiger partial charge in [0.15, 0.2) is 0 Å². The van der Waals surface area contributed by atoms with E-state index in [4.69, 9.17) is 10.5 Å². The summed E-state index contributed by atoms with van der Waals surface area (Å²) in [6.45, 7) is 0. The van der Waals surface area contributed by atoms with Crippen molar-refractivity contribution in [2.24, 2.45) is 0 Å². The Hall–Kier alpha value is -2.56. The molecule has 0 aliphatic carbocycles. The van der Waals surface area contributed by atoms with Gasteiger partial charge in [0.25, 0.3) is 5.91 Å². The molecule has 0 bridgehead atoms. The quantitative estimate of drug-likeness (QED) is 0.807. The zero-order valence-electron chi connectivity index (χ0n) is 9.88. The van der Waals surface area contributed by atoms with Crippen LogP contribution in [0.15, 0.2) is 42.7 Å². The number of hydrogen-bond donors (Lipinski definition) is 2. The van der Waals surface area contributed by atoms with Gasteiger partial charge in [-0.15, -0.1) is 0 Å². The van der Waals surface area contributed by atoms with E-state index in [0.717, 1.165) is 0 Å². The minimum atomic E-state index is -0.278. The summed E-state index contributed by atoms with van der Waals surface area (Å²) in [6.07, 6.45) is 3.09. The van der Waals surface area contributed by atoms with E-state index >= 15 is 0 Å². The molecule has 0 radical (unpaired) electrons. The molecule has 1 aromatic carbocycles. The van der Waals surface area contributed by atoms with Gasteiger partial charge in [0, 0.05) is 12.4 Å². The number of nitrogens with zero attached hydrogens (tertiary/aromatic N) is 1. The van der Waals surface area contributed by atoms with E-state index in [1.807, 2.05) is 0 Å². The van der Waals surface area contributed by atoms with Crippen LogP contribution in [0.4, 0.5) is 11.4 Å². The van der Waals surface area contributed by atoms with Gasteiger partial charge in [-0.2, -0.15) is 0 Å². The van der Waals surface area contributed by atoms with Crippen molar-refractivity contribution in [3.63, 3.8) is 0 Å². The number of amides is 1. The van der Waals surface area contributed by atoms with E-state index in [9.17, 15) is 4.79 Å². The fourth-order valence-electron chi connectivity index (χ4n) is 1.53. The van der Waals surface area contributed by atoms with Crippen molar-refractivity contribution in [3.05, 3.63) is 48.3 Å². The molecule has 0 saturated heterocycles. The van der Waals surface area contributed by atoms with Crippen molar-refractivity contribution < 1.29 is 9.53 Å². The Morgan fingerprint density at radius 2 is 2.17 bits per heavy atom. The molecule has 1 amide bonds. The lowest BCUT2D eigenvalue weighted by Gasteiger charge is -2.12. The van der Waals surface area contributed by atoms with E-state index in [1.54, 1.807) is 36.5 Å². The van der Waals surface area contributed by atoms with Gasteiger partial charge in [-0.25, -0.2) is 0 Å². The van der Waals surface area contributed by atoms with Crippen LogP contribution in [0.1, 0.15) is 10.4 Å². The number of carbonyl (C=O) groups is 1. The third-order valence-corrected chi connectivity index (χ3v) is 2.44. The third kappa shape index (κ3) is 2.40. The summed E-state index contributed by atoms with van der Waals surface area (Å²) in [6, 6.07) is 8.55. The first-order valence-electron chi connectivity index (χ1n) is 5.36. The molecule has 92 valence electrons. The number of pyridine rings is 1. The number of rotatable bonds is 3. The maximum absolute atomic E-state index is 12.0. The smallest absolute Gasteiger partial charge is 0.257 e. The number of methoxy groups -OCH3 is 1. The first kappa shape index (κ1) is 11.9. The molecule has 0 spiro atoms. The first-order chi connectivity index (χ1) is 8.72. The summed E-state index contributed by atoms with van der Waals surface area (Å²) in [7, 11) is 1.52. The van der Waals surface area contributed by atoms with Gasteiger partial charge in [0.1, 0.15) is 11.4 Å². The van der Waals surface area contributed by atoms with Crippen molar-refractivity contribution in [3.8, 4) is 5.75 Å². The number of nitrogen functional groups attached to an aromatic ring is 1. The molecule has 5 heteroatoms. The standard InChI is InChI=1S/C13H13N3O2/c1-18-11-6-2-5-10(14)12(11)16-13(17)9-4-3-7-15-8-9/h2-8H,14H2,1H3,(H,16,17). The minimum Gasteiger partial charge on any atom is -0.494 e. The second kappa shape index (κ2) is 5.18. The van der Waals surface area contributed by atoms with Crippen molar-refractivity contribution in [2.45, 2.75) is 0 Å². The van der Waals surface area contributed by atoms with E-state index in [1.165, 1.54) is 13.3 Å². The zero-order chi connectivity index (χ0) is 13.0. The van der Waals surface area contributed by atoms with Gasteiger partial charge in [-0.3, -0.25) is 9.78 Å². The fourth-order valence-corrected chi connectivity index (χ4v) is 1.53. The van der Waals surface area contributed by atoms with Crippen LogP contribution in [0.25, 0.3) is 0 Å². The molecule has 0 atom stereocenters. The van der Waals surface area contributed by atoms with Gasteiger partial charge in [0.05, 0.1) is 18.4 Å². The van der Waals surface area contributed by atoms with Crippen molar-refractivity contribution in [1.29, 1.82) is 0 Å². The highest BCUT2D eigenvalue weighted by Crippen LogP contribution is 2.30. The van der Waals surface area contributed by atoms with Crippen LogP contribution in [-0.2, 0) is 0 Å². The van der Waals surface area contributed by atoms with E-state index < -0.39 is 0 Å². The van der Waals surface area contributed by atoms with Crippen LogP contribution in [-0.4, -0.2) is 18.0 Å². The fraction of sp³-hybridized carbons (Fsp3) is 0.0769. The molecule has 1 heterocycles. The normalized spacial score (nSPS) is 9.83. The molecule has 1 aromatic heterocycles. The van der Waals surface area contributed by atoms with Gasteiger partial charge in [0.2, 0.25) is 0 Å². The Kier molecular flexibility index (Phi) is 3.43. The second-order valence-electron chi connectivity index (χ2n) is 3.62. The van der Waals surface area contributed by atoms with E-state index in [2.05, 4.69) is 10.3 Å². The molecule has 0 saturated carbocycles. The monoisotopic (exact) mass is 243 g/mol. The van der Waals surface area contributed by atoms with Gasteiger partial charge in [-0.05, 0) is 24.3 Å². The van der Waals surface area contributed by atoms with Gasteiger partial charge < -0.3 is 15.8 Å². The highest BCUT2D eigenvalue weighted by molar-refractivity contribution is 6.06. The lowest BCUT2D eigenvalue weighted by Crippen LogP contribution is -2.14. The summed E-state index contributed by atoms with van der Waals surface area (Å²) in [5, 5.41) is 2.72. The minimum absolute atomic E-state index is 0.278. The summed E-state index contributed by atoms with van der Waals surface area (Å²) < 4.78 is 5.15. The van der Waals surface area contributed by atoms with Gasteiger partial charge >= 0.3 is 0 Å². The molecule has 0 unspecified atom stereocenters. The second-order valence-corrected chi connectivity index (χ2v) is 3.62. The highest BCUT2D eigenvalue weighted by Gasteiger charge is 2.12. The van der Waals surface area contributed by atoms with Crippen molar-refractivity contribution in [1.82, 2.24) is 4.98 Å². The number of ether oxygens (including phenoxy) is 1. The summed E-state index contributed by atoms with van der Waals surface area (Å²) in [5.74, 6) is 0.242. The van der Waals surface area contributed by atoms with Crippen molar-refractivity contribution >= 4 is 17.3 Å². The largest absolute Gasteiger partial charge is 0.494 e. The Morgan fingerprint density at radius 3 is 2.83 bits per heavy atom. The van der Waals surface area contributed by atoms with E-state index in [-0.39, 0.29) is 5.91 Å². The molecule has 2 aromatic rings. The molecule has 0 aliphatic heterocycles. The number of para-hydroxylation sites is 1. The van der Waals surface area contributed by atoms with Crippen LogP contribution >= 0.6 is 0 Å².